The van der Waals surface area contributed by atoms with Gasteiger partial charge in [-0.2, -0.15) is 0 Å². The van der Waals surface area contributed by atoms with Crippen LogP contribution in [-0.2, 0) is 0 Å². The molecule has 11 aromatic carbocycles. The summed E-state index contributed by atoms with van der Waals surface area (Å²) in [4.78, 5) is 15.4. The standard InChI is InChI=1S/C63H39N5/c1-3-15-42(16-4-1)61-64-62(66-63(65-61)47-29-33-51-46(37-47)24-23-40-13-7-9-19-50(40)51)43-25-31-49(32-26-43)68-59-39-45(28-34-54(59)55-35-27-41-14-8-10-20-52(41)60(55)68)44-30-36-58-56(38-44)53-21-11-12-22-57(53)67(58)48-17-5-2-6-18-48/h1-39H. The fourth-order valence-corrected chi connectivity index (χ4v) is 10.5. The summed E-state index contributed by atoms with van der Waals surface area (Å²) in [6, 6.07) is 84.8. The minimum absolute atomic E-state index is 0.623. The lowest BCUT2D eigenvalue weighted by molar-refractivity contribution is 1.07. The summed E-state index contributed by atoms with van der Waals surface area (Å²) in [5, 5.41) is 12.1. The van der Waals surface area contributed by atoms with Crippen LogP contribution in [-0.4, -0.2) is 24.1 Å². The first kappa shape index (κ1) is 38.1. The molecule has 0 saturated carbocycles. The Kier molecular flexibility index (Phi) is 8.52. The first-order chi connectivity index (χ1) is 33.7. The normalized spacial score (nSPS) is 11.8. The number of hydrogen-bond donors (Lipinski definition) is 0. The predicted octanol–water partition coefficient (Wildman–Crippen LogP) is 16.2. The van der Waals surface area contributed by atoms with Crippen LogP contribution in [0.2, 0.25) is 0 Å². The summed E-state index contributed by atoms with van der Waals surface area (Å²) in [5.41, 5.74) is 12.1. The zero-order chi connectivity index (χ0) is 44.7. The van der Waals surface area contributed by atoms with Gasteiger partial charge >= 0.3 is 0 Å². The maximum absolute atomic E-state index is 5.18. The molecule has 0 aliphatic heterocycles. The molecule has 0 N–H and O–H groups in total. The molecule has 316 valence electrons. The second kappa shape index (κ2) is 15.2. The molecular formula is C63H39N5. The molecule has 3 heterocycles. The molecule has 0 aliphatic rings. The Morgan fingerprint density at radius 3 is 1.51 bits per heavy atom. The van der Waals surface area contributed by atoms with Gasteiger partial charge < -0.3 is 9.13 Å². The number of nitrogens with zero attached hydrogens (tertiary/aromatic N) is 5. The SMILES string of the molecule is c1ccc(-c2nc(-c3ccc(-n4c5cc(-c6ccc7c(c6)c6ccccc6n7-c6ccccc6)ccc5c5ccc6ccccc6c54)cc3)nc(-c3ccc4c(ccc5ccccc54)c3)n2)cc1. The Labute approximate surface area is 391 Å². The number of benzene rings is 11. The van der Waals surface area contributed by atoms with Crippen LogP contribution in [0.25, 0.3) is 133 Å². The average Bonchev–Trinajstić information content (AvgIpc) is 3.93. The second-order valence-electron chi connectivity index (χ2n) is 17.6. The van der Waals surface area contributed by atoms with Gasteiger partial charge in [-0.05, 0) is 105 Å². The van der Waals surface area contributed by atoms with Crippen LogP contribution in [0.5, 0.6) is 0 Å². The lowest BCUT2D eigenvalue weighted by Crippen LogP contribution is -2.00. The van der Waals surface area contributed by atoms with Crippen molar-refractivity contribution in [2.75, 3.05) is 0 Å². The third kappa shape index (κ3) is 6.06. The van der Waals surface area contributed by atoms with Crippen molar-refractivity contribution in [3.8, 4) is 56.7 Å². The molecule has 14 rings (SSSR count). The van der Waals surface area contributed by atoms with Gasteiger partial charge in [-0.3, -0.25) is 0 Å². The third-order valence-corrected chi connectivity index (χ3v) is 13.7. The van der Waals surface area contributed by atoms with Crippen molar-refractivity contribution < 1.29 is 0 Å². The van der Waals surface area contributed by atoms with E-state index in [0.29, 0.717) is 17.5 Å². The quantitative estimate of drug-likeness (QED) is 0.156. The van der Waals surface area contributed by atoms with E-state index in [9.17, 15) is 0 Å². The van der Waals surface area contributed by atoms with Crippen LogP contribution < -0.4 is 0 Å². The van der Waals surface area contributed by atoms with Gasteiger partial charge in [0.15, 0.2) is 17.5 Å². The van der Waals surface area contributed by atoms with Gasteiger partial charge in [-0.15, -0.1) is 0 Å². The Balaban J connectivity index is 0.919. The summed E-state index contributed by atoms with van der Waals surface area (Å²) in [7, 11) is 0. The summed E-state index contributed by atoms with van der Waals surface area (Å²) >= 11 is 0. The van der Waals surface area contributed by atoms with Crippen molar-refractivity contribution in [3.63, 3.8) is 0 Å². The van der Waals surface area contributed by atoms with E-state index in [1.165, 1.54) is 70.6 Å². The van der Waals surface area contributed by atoms with Crippen LogP contribution in [0.1, 0.15) is 0 Å². The first-order valence-electron chi connectivity index (χ1n) is 23.1. The Bertz CT molecular complexity index is 4300. The molecule has 0 saturated heterocycles. The van der Waals surface area contributed by atoms with E-state index in [2.05, 4.69) is 228 Å². The van der Waals surface area contributed by atoms with E-state index in [-0.39, 0.29) is 0 Å². The highest BCUT2D eigenvalue weighted by molar-refractivity contribution is 6.19. The van der Waals surface area contributed by atoms with E-state index in [4.69, 9.17) is 15.0 Å². The molecule has 0 atom stereocenters. The highest BCUT2D eigenvalue weighted by Crippen LogP contribution is 2.41. The van der Waals surface area contributed by atoms with Crippen LogP contribution in [0.15, 0.2) is 237 Å². The van der Waals surface area contributed by atoms with E-state index >= 15 is 0 Å². The molecule has 0 fully saturated rings. The zero-order valence-corrected chi connectivity index (χ0v) is 36.8. The molecule has 0 amide bonds. The van der Waals surface area contributed by atoms with E-state index in [1.54, 1.807) is 0 Å². The van der Waals surface area contributed by atoms with Crippen molar-refractivity contribution in [2.24, 2.45) is 0 Å². The smallest absolute Gasteiger partial charge is 0.164 e. The molecule has 0 aliphatic carbocycles. The van der Waals surface area contributed by atoms with Gasteiger partial charge in [0.2, 0.25) is 0 Å². The molecular weight excluding hydrogens is 827 g/mol. The molecule has 68 heavy (non-hydrogen) atoms. The monoisotopic (exact) mass is 865 g/mol. The van der Waals surface area contributed by atoms with Gasteiger partial charge in [0, 0.05) is 55.0 Å². The molecule has 0 radical (unpaired) electrons. The predicted molar refractivity (Wildman–Crippen MR) is 283 cm³/mol. The van der Waals surface area contributed by atoms with Crippen molar-refractivity contribution in [3.05, 3.63) is 237 Å². The zero-order valence-electron chi connectivity index (χ0n) is 36.8. The van der Waals surface area contributed by atoms with Gasteiger partial charge in [-0.1, -0.05) is 170 Å². The minimum atomic E-state index is 0.623. The lowest BCUT2D eigenvalue weighted by Gasteiger charge is -2.13. The van der Waals surface area contributed by atoms with E-state index < -0.39 is 0 Å². The molecule has 0 spiro atoms. The topological polar surface area (TPSA) is 48.5 Å². The minimum Gasteiger partial charge on any atom is -0.309 e. The molecule has 14 aromatic rings. The summed E-state index contributed by atoms with van der Waals surface area (Å²) in [6.07, 6.45) is 0. The van der Waals surface area contributed by atoms with Crippen molar-refractivity contribution in [1.29, 1.82) is 0 Å². The fourth-order valence-electron chi connectivity index (χ4n) is 10.5. The van der Waals surface area contributed by atoms with Gasteiger partial charge in [0.25, 0.3) is 0 Å². The summed E-state index contributed by atoms with van der Waals surface area (Å²) < 4.78 is 4.81. The Morgan fingerprint density at radius 2 is 0.721 bits per heavy atom. The van der Waals surface area contributed by atoms with Crippen LogP contribution in [0.4, 0.5) is 0 Å². The highest BCUT2D eigenvalue weighted by Gasteiger charge is 2.19. The average molecular weight is 866 g/mol. The Hall–Kier alpha value is -9.19. The number of hydrogen-bond acceptors (Lipinski definition) is 3. The fraction of sp³-hybridized carbons (Fsp3) is 0. The highest BCUT2D eigenvalue weighted by atomic mass is 15.0. The summed E-state index contributed by atoms with van der Waals surface area (Å²) in [5.74, 6) is 1.90. The van der Waals surface area contributed by atoms with E-state index in [0.717, 1.165) is 44.5 Å². The third-order valence-electron chi connectivity index (χ3n) is 13.7. The second-order valence-corrected chi connectivity index (χ2v) is 17.6. The largest absolute Gasteiger partial charge is 0.309 e. The van der Waals surface area contributed by atoms with E-state index in [1.807, 2.05) is 18.2 Å². The van der Waals surface area contributed by atoms with Crippen molar-refractivity contribution in [2.45, 2.75) is 0 Å². The molecule has 3 aromatic heterocycles. The van der Waals surface area contributed by atoms with Crippen LogP contribution in [0.3, 0.4) is 0 Å². The number of para-hydroxylation sites is 2. The maximum Gasteiger partial charge on any atom is 0.164 e. The molecule has 5 heteroatoms. The van der Waals surface area contributed by atoms with Crippen molar-refractivity contribution in [1.82, 2.24) is 24.1 Å². The maximum atomic E-state index is 5.18. The number of fused-ring (bicyclic) bond motifs is 11. The van der Waals surface area contributed by atoms with Crippen LogP contribution >= 0.6 is 0 Å². The number of rotatable bonds is 6. The first-order valence-corrected chi connectivity index (χ1v) is 23.1. The molecule has 5 nitrogen and oxygen atoms in total. The van der Waals surface area contributed by atoms with Gasteiger partial charge in [0.1, 0.15) is 0 Å². The Morgan fingerprint density at radius 1 is 0.235 bits per heavy atom. The van der Waals surface area contributed by atoms with Crippen LogP contribution in [0, 0.1) is 0 Å². The van der Waals surface area contributed by atoms with Gasteiger partial charge in [0.05, 0.1) is 22.1 Å². The summed E-state index contributed by atoms with van der Waals surface area (Å²) in [6.45, 7) is 0. The van der Waals surface area contributed by atoms with Crippen molar-refractivity contribution >= 4 is 75.9 Å². The van der Waals surface area contributed by atoms with Gasteiger partial charge in [-0.25, -0.2) is 15.0 Å². The molecule has 0 bridgehead atoms. The lowest BCUT2D eigenvalue weighted by atomic mass is 10.00. The molecule has 0 unspecified atom stereocenters. The number of aromatic nitrogens is 5.